The number of hydrogen-bond donors (Lipinski definition) is 0. The van der Waals surface area contributed by atoms with Crippen LogP contribution in [0.3, 0.4) is 0 Å². The Kier molecular flexibility index (Phi) is 2.15. The van der Waals surface area contributed by atoms with Crippen LogP contribution in [0.25, 0.3) is 0 Å². The van der Waals surface area contributed by atoms with Gasteiger partial charge in [-0.2, -0.15) is 0 Å². The van der Waals surface area contributed by atoms with Gasteiger partial charge in [0.1, 0.15) is 0 Å². The Morgan fingerprint density at radius 3 is 2.88 bits per heavy atom. The van der Waals surface area contributed by atoms with Crippen molar-refractivity contribution in [3.05, 3.63) is 52.2 Å². The number of aryl methyl sites for hydroxylation is 4. The molecule has 0 atom stereocenters. The number of aromatic nitrogens is 1. The maximum Gasteiger partial charge on any atom is 0.230 e. The average Bonchev–Trinajstić information content (AvgIpc) is 2.62. The maximum atomic E-state index is 12.3. The Hall–Kier alpha value is -1.90. The van der Waals surface area contributed by atoms with Crippen molar-refractivity contribution in [3.63, 3.8) is 0 Å². The molecule has 1 aromatic carbocycles. The maximum absolute atomic E-state index is 12.3. The van der Waals surface area contributed by atoms with Crippen LogP contribution < -0.4 is 0 Å². The Balaban J connectivity index is 2.19. The molecule has 1 heterocycles. The van der Waals surface area contributed by atoms with E-state index in [0.29, 0.717) is 11.7 Å². The minimum absolute atomic E-state index is 0.0342. The van der Waals surface area contributed by atoms with Crippen LogP contribution in [-0.4, -0.2) is 10.8 Å². The summed E-state index contributed by atoms with van der Waals surface area (Å²) >= 11 is 0. The van der Waals surface area contributed by atoms with Crippen molar-refractivity contribution >= 4 is 5.78 Å². The van der Waals surface area contributed by atoms with Gasteiger partial charge in [-0.25, -0.2) is 4.98 Å². The van der Waals surface area contributed by atoms with Crippen LogP contribution in [-0.2, 0) is 12.8 Å². The molecule has 0 saturated heterocycles. The molecule has 2 aromatic rings. The fourth-order valence-electron chi connectivity index (χ4n) is 2.34. The molecule has 0 fully saturated rings. The highest BCUT2D eigenvalue weighted by Gasteiger charge is 2.25. The second kappa shape index (κ2) is 3.55. The molecule has 1 aromatic heterocycles. The number of benzene rings is 1. The Labute approximate surface area is 99.5 Å². The lowest BCUT2D eigenvalue weighted by Gasteiger charge is -2.04. The highest BCUT2D eigenvalue weighted by atomic mass is 16.4. The van der Waals surface area contributed by atoms with Crippen molar-refractivity contribution in [2.45, 2.75) is 26.7 Å². The SMILES string of the molecule is Cc1ccc2c(c1)CCc1nc(C)oc1C2=O. The number of carbonyl (C=O) groups excluding carboxylic acids is 1. The van der Waals surface area contributed by atoms with Crippen molar-refractivity contribution in [1.29, 1.82) is 0 Å². The lowest BCUT2D eigenvalue weighted by molar-refractivity contribution is 0.101. The molecule has 1 aliphatic carbocycles. The lowest BCUT2D eigenvalue weighted by atomic mass is 10.00. The zero-order chi connectivity index (χ0) is 12.0. The number of carbonyl (C=O) groups is 1. The van der Waals surface area contributed by atoms with E-state index in [1.54, 1.807) is 6.92 Å². The fourth-order valence-corrected chi connectivity index (χ4v) is 2.34. The standard InChI is InChI=1S/C14H13NO2/c1-8-3-5-11-10(7-8)4-6-12-14(13(11)16)17-9(2)15-12/h3,5,7H,4,6H2,1-2H3. The van der Waals surface area contributed by atoms with E-state index in [2.05, 4.69) is 11.1 Å². The molecule has 1 aliphatic rings. The van der Waals surface area contributed by atoms with Crippen LogP contribution in [0.15, 0.2) is 22.6 Å². The molecular weight excluding hydrogens is 214 g/mol. The third-order valence-corrected chi connectivity index (χ3v) is 3.15. The van der Waals surface area contributed by atoms with E-state index in [1.165, 1.54) is 5.56 Å². The third kappa shape index (κ3) is 1.58. The van der Waals surface area contributed by atoms with Crippen LogP contribution in [0.1, 0.15) is 38.8 Å². The minimum atomic E-state index is -0.0342. The van der Waals surface area contributed by atoms with Crippen molar-refractivity contribution in [3.8, 4) is 0 Å². The van der Waals surface area contributed by atoms with Gasteiger partial charge in [0, 0.05) is 12.5 Å². The van der Waals surface area contributed by atoms with Gasteiger partial charge < -0.3 is 4.42 Å². The van der Waals surface area contributed by atoms with E-state index >= 15 is 0 Å². The topological polar surface area (TPSA) is 43.1 Å². The van der Waals surface area contributed by atoms with E-state index in [0.717, 1.165) is 29.7 Å². The summed E-state index contributed by atoms with van der Waals surface area (Å²) in [5.41, 5.74) is 3.83. The number of oxazole rings is 1. The molecule has 0 radical (unpaired) electrons. The van der Waals surface area contributed by atoms with Gasteiger partial charge in [-0.15, -0.1) is 0 Å². The predicted octanol–water partition coefficient (Wildman–Crippen LogP) is 2.62. The molecule has 0 amide bonds. The summed E-state index contributed by atoms with van der Waals surface area (Å²) in [6.07, 6.45) is 1.62. The number of rotatable bonds is 0. The van der Waals surface area contributed by atoms with Crippen LogP contribution in [0.4, 0.5) is 0 Å². The summed E-state index contributed by atoms with van der Waals surface area (Å²) < 4.78 is 5.42. The normalized spacial score (nSPS) is 14.1. The first-order valence-corrected chi connectivity index (χ1v) is 5.75. The van der Waals surface area contributed by atoms with Crippen molar-refractivity contribution in [1.82, 2.24) is 4.98 Å². The van der Waals surface area contributed by atoms with Crippen molar-refractivity contribution in [2.24, 2.45) is 0 Å². The van der Waals surface area contributed by atoms with Gasteiger partial charge in [-0.05, 0) is 25.3 Å². The Bertz CT molecular complexity index is 611. The first-order chi connectivity index (χ1) is 8.15. The number of ketones is 1. The summed E-state index contributed by atoms with van der Waals surface area (Å²) in [6.45, 7) is 3.81. The second-order valence-corrected chi connectivity index (χ2v) is 4.50. The van der Waals surface area contributed by atoms with Crippen LogP contribution in [0.2, 0.25) is 0 Å². The Morgan fingerprint density at radius 1 is 1.24 bits per heavy atom. The summed E-state index contributed by atoms with van der Waals surface area (Å²) in [6, 6.07) is 5.93. The third-order valence-electron chi connectivity index (χ3n) is 3.15. The first kappa shape index (κ1) is 10.3. The molecule has 0 bridgehead atoms. The zero-order valence-electron chi connectivity index (χ0n) is 9.91. The monoisotopic (exact) mass is 227 g/mol. The number of fused-ring (bicyclic) bond motifs is 2. The van der Waals surface area contributed by atoms with Gasteiger partial charge in [0.15, 0.2) is 11.7 Å². The molecule has 3 rings (SSSR count). The van der Waals surface area contributed by atoms with E-state index in [9.17, 15) is 4.79 Å². The van der Waals surface area contributed by atoms with E-state index in [1.807, 2.05) is 19.1 Å². The quantitative estimate of drug-likeness (QED) is 0.694. The lowest BCUT2D eigenvalue weighted by Crippen LogP contribution is -2.02. The van der Waals surface area contributed by atoms with Crippen molar-refractivity contribution < 1.29 is 9.21 Å². The molecule has 17 heavy (non-hydrogen) atoms. The highest BCUT2D eigenvalue weighted by Crippen LogP contribution is 2.25. The van der Waals surface area contributed by atoms with E-state index < -0.39 is 0 Å². The van der Waals surface area contributed by atoms with Gasteiger partial charge in [0.25, 0.3) is 0 Å². The molecular formula is C14H13NO2. The zero-order valence-corrected chi connectivity index (χ0v) is 9.91. The summed E-state index contributed by atoms with van der Waals surface area (Å²) in [5.74, 6) is 0.956. The van der Waals surface area contributed by atoms with Crippen LogP contribution in [0, 0.1) is 13.8 Å². The minimum Gasteiger partial charge on any atom is -0.437 e. The second-order valence-electron chi connectivity index (χ2n) is 4.50. The first-order valence-electron chi connectivity index (χ1n) is 5.75. The van der Waals surface area contributed by atoms with Crippen molar-refractivity contribution in [2.75, 3.05) is 0 Å². The largest absolute Gasteiger partial charge is 0.437 e. The molecule has 0 aliphatic heterocycles. The average molecular weight is 227 g/mol. The smallest absolute Gasteiger partial charge is 0.230 e. The van der Waals surface area contributed by atoms with Gasteiger partial charge in [-0.3, -0.25) is 4.79 Å². The molecule has 0 saturated carbocycles. The molecule has 3 nitrogen and oxygen atoms in total. The summed E-state index contributed by atoms with van der Waals surface area (Å²) in [4.78, 5) is 16.6. The van der Waals surface area contributed by atoms with Gasteiger partial charge in [0.2, 0.25) is 5.78 Å². The Morgan fingerprint density at radius 2 is 2.06 bits per heavy atom. The summed E-state index contributed by atoms with van der Waals surface area (Å²) in [7, 11) is 0. The summed E-state index contributed by atoms with van der Waals surface area (Å²) in [5, 5.41) is 0. The molecule has 86 valence electrons. The van der Waals surface area contributed by atoms with Gasteiger partial charge >= 0.3 is 0 Å². The van der Waals surface area contributed by atoms with E-state index in [-0.39, 0.29) is 5.78 Å². The molecule has 0 unspecified atom stereocenters. The predicted molar refractivity (Wildman–Crippen MR) is 63.3 cm³/mol. The number of nitrogens with zero attached hydrogens (tertiary/aromatic N) is 1. The van der Waals surface area contributed by atoms with Crippen LogP contribution >= 0.6 is 0 Å². The van der Waals surface area contributed by atoms with Gasteiger partial charge in [0.05, 0.1) is 5.69 Å². The molecule has 3 heteroatoms. The fraction of sp³-hybridized carbons (Fsp3) is 0.286. The highest BCUT2D eigenvalue weighted by molar-refractivity contribution is 6.09. The number of hydrogen-bond acceptors (Lipinski definition) is 3. The van der Waals surface area contributed by atoms with Gasteiger partial charge in [-0.1, -0.05) is 23.8 Å². The molecule has 0 spiro atoms. The van der Waals surface area contributed by atoms with E-state index in [4.69, 9.17) is 4.42 Å². The molecule has 0 N–H and O–H groups in total. The van der Waals surface area contributed by atoms with Crippen LogP contribution in [0.5, 0.6) is 0 Å².